The smallest absolute Gasteiger partial charge is 0.322 e. The minimum absolute atomic E-state index is 0.00155. The van der Waals surface area contributed by atoms with Crippen molar-refractivity contribution < 1.29 is 23.1 Å². The van der Waals surface area contributed by atoms with Gasteiger partial charge in [-0.25, -0.2) is 18.7 Å². The third kappa shape index (κ3) is 4.54. The maximum Gasteiger partial charge on any atom is 0.322 e. The van der Waals surface area contributed by atoms with Crippen LogP contribution in [0.3, 0.4) is 0 Å². The molecule has 0 spiro atoms. The molecule has 2 amide bonds. The first-order valence-electron chi connectivity index (χ1n) is 13.0. The lowest BCUT2D eigenvalue weighted by molar-refractivity contribution is -0.116. The maximum atomic E-state index is 15.5. The highest BCUT2D eigenvalue weighted by Gasteiger charge is 2.29. The van der Waals surface area contributed by atoms with Gasteiger partial charge in [0.2, 0.25) is 0 Å². The molecule has 0 unspecified atom stereocenters. The van der Waals surface area contributed by atoms with E-state index in [-0.39, 0.29) is 17.3 Å². The van der Waals surface area contributed by atoms with Crippen molar-refractivity contribution in [2.75, 3.05) is 11.4 Å². The fraction of sp³-hybridized carbons (Fsp3) is 0.129. The summed E-state index contributed by atoms with van der Waals surface area (Å²) < 4.78 is 36.5. The monoisotopic (exact) mass is 566 g/mol. The second-order valence-corrected chi connectivity index (χ2v) is 9.93. The van der Waals surface area contributed by atoms with Gasteiger partial charge in [-0.2, -0.15) is 0 Å². The van der Waals surface area contributed by atoms with Crippen molar-refractivity contribution >= 4 is 23.0 Å². The summed E-state index contributed by atoms with van der Waals surface area (Å²) in [6.07, 6.45) is 5.31. The van der Waals surface area contributed by atoms with Crippen molar-refractivity contribution in [3.63, 3.8) is 0 Å². The van der Waals surface area contributed by atoms with Crippen LogP contribution in [0.1, 0.15) is 27.3 Å². The molecule has 1 aliphatic heterocycles. The predicted octanol–water partition coefficient (Wildman–Crippen LogP) is 5.48. The molecule has 0 bridgehead atoms. The van der Waals surface area contributed by atoms with Gasteiger partial charge in [-0.3, -0.25) is 14.6 Å². The van der Waals surface area contributed by atoms with Crippen molar-refractivity contribution in [1.29, 1.82) is 0 Å². The lowest BCUT2D eigenvalue weighted by Crippen LogP contribution is -2.28. The van der Waals surface area contributed by atoms with Crippen LogP contribution in [0, 0.1) is 19.7 Å². The van der Waals surface area contributed by atoms with Crippen LogP contribution < -0.4 is 15.4 Å². The number of fused-ring (bicyclic) bond motifs is 2. The minimum atomic E-state index is -1.04. The molecule has 6 rings (SSSR count). The van der Waals surface area contributed by atoms with Crippen LogP contribution in [0.15, 0.2) is 73.5 Å². The Labute approximate surface area is 238 Å². The first kappa shape index (κ1) is 26.8. The number of rotatable bonds is 6. The molecule has 0 saturated carbocycles. The fourth-order valence-corrected chi connectivity index (χ4v) is 5.28. The van der Waals surface area contributed by atoms with E-state index in [2.05, 4.69) is 21.5 Å². The van der Waals surface area contributed by atoms with E-state index in [1.807, 2.05) is 13.0 Å². The van der Waals surface area contributed by atoms with Gasteiger partial charge in [0.05, 0.1) is 28.7 Å². The first-order valence-corrected chi connectivity index (χ1v) is 13.0. The molecule has 0 saturated heterocycles. The summed E-state index contributed by atoms with van der Waals surface area (Å²) in [5, 5.41) is 0. The maximum absolute atomic E-state index is 15.5. The van der Waals surface area contributed by atoms with Gasteiger partial charge in [0.1, 0.15) is 0 Å². The highest BCUT2D eigenvalue weighted by Crippen LogP contribution is 2.42. The molecular weight excluding hydrogens is 542 g/mol. The fourth-order valence-electron chi connectivity index (χ4n) is 5.28. The Morgan fingerprint density at radius 1 is 1.05 bits per heavy atom. The third-order valence-corrected chi connectivity index (χ3v) is 7.12. The quantitative estimate of drug-likeness (QED) is 0.272. The van der Waals surface area contributed by atoms with Crippen molar-refractivity contribution in [2.45, 2.75) is 20.3 Å². The number of aryl methyl sites for hydroxylation is 2. The average Bonchev–Trinajstić information content (AvgIpc) is 3.52. The van der Waals surface area contributed by atoms with Crippen LogP contribution in [0.2, 0.25) is 0 Å². The van der Waals surface area contributed by atoms with E-state index in [1.165, 1.54) is 23.2 Å². The molecule has 0 aliphatic carbocycles. The van der Waals surface area contributed by atoms with E-state index in [0.717, 1.165) is 5.56 Å². The molecule has 0 radical (unpaired) electrons. The molecule has 0 fully saturated rings. The SMILES string of the molecule is C=C(F)C(=O)N1CCc2cc(-c3c(-c4ccc(Oc5nccc(C)n5)c(F)c4)c(C(N)=O)c4cnc(C)cn34)ccc21. The highest BCUT2D eigenvalue weighted by atomic mass is 19.1. The van der Waals surface area contributed by atoms with E-state index < -0.39 is 23.5 Å². The number of ether oxygens (including phenoxy) is 1. The van der Waals surface area contributed by atoms with Crippen molar-refractivity contribution in [2.24, 2.45) is 5.73 Å². The number of hydrogen-bond acceptors (Lipinski definition) is 6. The van der Waals surface area contributed by atoms with Gasteiger partial charge in [0.15, 0.2) is 17.4 Å². The summed E-state index contributed by atoms with van der Waals surface area (Å²) >= 11 is 0. The molecule has 210 valence electrons. The van der Waals surface area contributed by atoms with Crippen LogP contribution in [-0.4, -0.2) is 37.7 Å². The zero-order valence-corrected chi connectivity index (χ0v) is 22.7. The van der Waals surface area contributed by atoms with Gasteiger partial charge in [0.25, 0.3) is 11.8 Å². The summed E-state index contributed by atoms with van der Waals surface area (Å²) in [5.74, 6) is -3.33. The summed E-state index contributed by atoms with van der Waals surface area (Å²) in [5.41, 5.74) is 11.2. The Balaban J connectivity index is 1.53. The highest BCUT2D eigenvalue weighted by molar-refractivity contribution is 6.11. The zero-order valence-electron chi connectivity index (χ0n) is 22.7. The molecule has 5 aromatic rings. The normalized spacial score (nSPS) is 12.4. The molecule has 0 atom stereocenters. The average molecular weight is 567 g/mol. The molecule has 11 heteroatoms. The standard InChI is InChI=1S/C31H24F2N6O3/c1-16-8-10-35-31(37-16)42-25-7-5-20(13-22(25)33)26-27(29(34)40)24-14-36-17(2)15-39(24)28(26)21-4-6-23-19(12-21)9-11-38(23)30(41)18(3)32/h4-8,10,12-15H,3,9,11H2,1-2H3,(H2,34,40). The van der Waals surface area contributed by atoms with Gasteiger partial charge in [-0.05, 0) is 67.3 Å². The number of nitrogens with two attached hydrogens (primary N) is 1. The summed E-state index contributed by atoms with van der Waals surface area (Å²) in [6, 6.07) is 11.4. The second kappa shape index (κ2) is 10.2. The van der Waals surface area contributed by atoms with E-state index in [1.54, 1.807) is 48.0 Å². The lowest BCUT2D eigenvalue weighted by Gasteiger charge is -2.16. The third-order valence-electron chi connectivity index (χ3n) is 7.12. The van der Waals surface area contributed by atoms with Crippen molar-refractivity contribution in [3.8, 4) is 34.1 Å². The van der Waals surface area contributed by atoms with E-state index >= 15 is 4.39 Å². The Morgan fingerprint density at radius 2 is 1.83 bits per heavy atom. The van der Waals surface area contributed by atoms with Crippen LogP contribution in [0.5, 0.6) is 11.8 Å². The second-order valence-electron chi connectivity index (χ2n) is 9.93. The van der Waals surface area contributed by atoms with Crippen LogP contribution in [0.4, 0.5) is 14.5 Å². The molecule has 2 aromatic carbocycles. The molecule has 42 heavy (non-hydrogen) atoms. The summed E-state index contributed by atoms with van der Waals surface area (Å²) in [7, 11) is 0. The van der Waals surface area contributed by atoms with Crippen LogP contribution >= 0.6 is 0 Å². The van der Waals surface area contributed by atoms with Gasteiger partial charge < -0.3 is 19.8 Å². The number of hydrogen-bond donors (Lipinski definition) is 1. The number of nitrogens with zero attached hydrogens (tertiary/aromatic N) is 5. The summed E-state index contributed by atoms with van der Waals surface area (Å²) in [6.45, 7) is 7.00. The van der Waals surface area contributed by atoms with E-state index in [0.29, 0.717) is 57.9 Å². The number of halogens is 2. The van der Waals surface area contributed by atoms with Crippen molar-refractivity contribution in [3.05, 3.63) is 102 Å². The Hall–Kier alpha value is -5.45. The predicted molar refractivity (Wildman–Crippen MR) is 152 cm³/mol. The Kier molecular flexibility index (Phi) is 6.49. The molecular formula is C31H24F2N6O3. The van der Waals surface area contributed by atoms with Crippen molar-refractivity contribution in [1.82, 2.24) is 19.4 Å². The Morgan fingerprint density at radius 3 is 2.55 bits per heavy atom. The molecule has 1 aliphatic rings. The minimum Gasteiger partial charge on any atom is -0.421 e. The Bertz CT molecular complexity index is 1950. The number of primary amides is 1. The summed E-state index contributed by atoms with van der Waals surface area (Å²) in [4.78, 5) is 39.1. The number of carbonyl (C=O) groups excluding carboxylic acids is 2. The first-order chi connectivity index (χ1) is 20.1. The lowest BCUT2D eigenvalue weighted by atomic mass is 9.95. The zero-order chi connectivity index (χ0) is 29.7. The number of carbonyl (C=O) groups is 2. The van der Waals surface area contributed by atoms with E-state index in [4.69, 9.17) is 10.5 Å². The molecule has 4 heterocycles. The largest absolute Gasteiger partial charge is 0.421 e. The number of anilines is 1. The molecule has 9 nitrogen and oxygen atoms in total. The number of amides is 2. The topological polar surface area (TPSA) is 116 Å². The van der Waals surface area contributed by atoms with Gasteiger partial charge in [-0.1, -0.05) is 18.7 Å². The van der Waals surface area contributed by atoms with Gasteiger partial charge >= 0.3 is 6.01 Å². The number of benzene rings is 2. The van der Waals surface area contributed by atoms with Gasteiger partial charge in [-0.15, -0.1) is 0 Å². The van der Waals surface area contributed by atoms with Crippen LogP contribution in [0.25, 0.3) is 27.9 Å². The van der Waals surface area contributed by atoms with E-state index in [9.17, 15) is 14.0 Å². The van der Waals surface area contributed by atoms with Gasteiger partial charge in [0, 0.05) is 35.9 Å². The number of aromatic nitrogens is 4. The van der Waals surface area contributed by atoms with Crippen LogP contribution in [-0.2, 0) is 11.2 Å². The molecule has 2 N–H and O–H groups in total. The molecule has 3 aromatic heterocycles.